The third-order valence-electron chi connectivity index (χ3n) is 6.06. The van der Waals surface area contributed by atoms with Crippen LogP contribution in [0.1, 0.15) is 48.8 Å². The fourth-order valence-electron chi connectivity index (χ4n) is 4.04. The van der Waals surface area contributed by atoms with Crippen LogP contribution in [0.25, 0.3) is 0 Å². The molecule has 0 aliphatic carbocycles. The molecule has 4 aromatic rings. The molecular weight excluding hydrogens is 670 g/mol. The van der Waals surface area contributed by atoms with E-state index in [-0.39, 0.29) is 33.3 Å². The average molecular weight is 692 g/mol. The number of amides is 2. The third kappa shape index (κ3) is 7.67. The summed E-state index contributed by atoms with van der Waals surface area (Å²) in [6, 6.07) is 22.0. The highest BCUT2D eigenvalue weighted by Gasteiger charge is 2.29. The van der Waals surface area contributed by atoms with Gasteiger partial charge in [0.15, 0.2) is 0 Å². The number of rotatable bonds is 10. The van der Waals surface area contributed by atoms with E-state index in [1.54, 1.807) is 55.5 Å². The van der Waals surface area contributed by atoms with Crippen molar-refractivity contribution in [2.45, 2.75) is 17.1 Å². The fraction of sp³-hybridized carbons (Fsp3) is 0.0968. The molecule has 0 spiro atoms. The number of carbonyl (C=O) groups excluding carboxylic acids is 3. The van der Waals surface area contributed by atoms with Gasteiger partial charge in [-0.2, -0.15) is 0 Å². The van der Waals surface area contributed by atoms with E-state index in [9.17, 15) is 24.3 Å². The van der Waals surface area contributed by atoms with Crippen LogP contribution in [0.3, 0.4) is 0 Å². The summed E-state index contributed by atoms with van der Waals surface area (Å²) in [5.74, 6) is -3.18. The van der Waals surface area contributed by atoms with E-state index in [2.05, 4.69) is 10.6 Å². The Hall–Kier alpha value is -3.73. The summed E-state index contributed by atoms with van der Waals surface area (Å²) < 4.78 is 5.00. The van der Waals surface area contributed by atoms with Gasteiger partial charge in [-0.25, -0.2) is 9.59 Å². The summed E-state index contributed by atoms with van der Waals surface area (Å²) in [7, 11) is 0. The first kappa shape index (κ1) is 33.2. The zero-order chi connectivity index (χ0) is 32.0. The van der Waals surface area contributed by atoms with Gasteiger partial charge in [-0.15, -0.1) is 11.8 Å². The van der Waals surface area contributed by atoms with Gasteiger partial charge < -0.3 is 20.5 Å². The molecule has 1 unspecified atom stereocenters. The Bertz CT molecular complexity index is 1740. The summed E-state index contributed by atoms with van der Waals surface area (Å²) in [6.45, 7) is 1.97. The topological polar surface area (TPSA) is 122 Å². The zero-order valence-electron chi connectivity index (χ0n) is 22.7. The largest absolute Gasteiger partial charge is 0.478 e. The van der Waals surface area contributed by atoms with Crippen molar-refractivity contribution in [1.82, 2.24) is 0 Å². The monoisotopic (exact) mass is 690 g/mol. The van der Waals surface area contributed by atoms with E-state index < -0.39 is 39.2 Å². The molecule has 44 heavy (non-hydrogen) atoms. The number of carboxylic acid groups (broad SMARTS) is 1. The van der Waals surface area contributed by atoms with Gasteiger partial charge in [0.2, 0.25) is 5.91 Å². The predicted molar refractivity (Wildman–Crippen MR) is 174 cm³/mol. The highest BCUT2D eigenvalue weighted by molar-refractivity contribution is 8.00. The molecule has 0 fully saturated rings. The molecule has 0 aliphatic rings. The molecule has 4 aromatic carbocycles. The average Bonchev–Trinajstić information content (AvgIpc) is 3.01. The Morgan fingerprint density at radius 1 is 0.773 bits per heavy atom. The van der Waals surface area contributed by atoms with Crippen LogP contribution in [-0.4, -0.2) is 35.5 Å². The molecule has 226 valence electrons. The molecule has 0 aliphatic heterocycles. The molecule has 0 bridgehead atoms. The standard InChI is InChI=1S/C31H22Cl4N2O6S/c1-2-43-31(42)17-11-13-18(14-12-17)36-29(39)27(16-7-4-3-5-8-16)44-20-10-6-9-19(15-20)37-28(38)21-22(30(40)41)24(33)26(35)25(34)23(21)32/h3-15,27H,2H2,1H3,(H,36,39)(H,37,38)(H,40,41). The van der Waals surface area contributed by atoms with Crippen LogP contribution in [0, 0.1) is 0 Å². The lowest BCUT2D eigenvalue weighted by atomic mass is 10.1. The number of carbonyl (C=O) groups is 4. The Morgan fingerprint density at radius 2 is 1.41 bits per heavy atom. The van der Waals surface area contributed by atoms with Crippen LogP contribution in [-0.2, 0) is 9.53 Å². The second-order valence-electron chi connectivity index (χ2n) is 8.99. The molecule has 0 radical (unpaired) electrons. The number of esters is 1. The van der Waals surface area contributed by atoms with Gasteiger partial charge in [-0.3, -0.25) is 9.59 Å². The number of thioether (sulfide) groups is 1. The second kappa shape index (κ2) is 14.8. The van der Waals surface area contributed by atoms with E-state index in [0.717, 1.165) is 5.56 Å². The molecular formula is C31H22Cl4N2O6S. The maximum Gasteiger partial charge on any atom is 0.338 e. The number of nitrogens with one attached hydrogen (secondary N) is 2. The number of benzene rings is 4. The molecule has 13 heteroatoms. The fourth-order valence-corrected chi connectivity index (χ4v) is 6.14. The number of halogens is 4. The van der Waals surface area contributed by atoms with Crippen molar-refractivity contribution in [2.75, 3.05) is 17.2 Å². The normalized spacial score (nSPS) is 11.4. The molecule has 4 rings (SSSR count). The van der Waals surface area contributed by atoms with Crippen molar-refractivity contribution in [2.24, 2.45) is 0 Å². The number of aromatic carboxylic acids is 1. The minimum atomic E-state index is -1.52. The van der Waals surface area contributed by atoms with Crippen molar-refractivity contribution in [1.29, 1.82) is 0 Å². The van der Waals surface area contributed by atoms with Crippen molar-refractivity contribution in [3.05, 3.63) is 121 Å². The van der Waals surface area contributed by atoms with E-state index >= 15 is 0 Å². The van der Waals surface area contributed by atoms with Crippen molar-refractivity contribution < 1.29 is 29.0 Å². The lowest BCUT2D eigenvalue weighted by Gasteiger charge is -2.18. The van der Waals surface area contributed by atoms with Crippen molar-refractivity contribution >= 4 is 93.3 Å². The van der Waals surface area contributed by atoms with Crippen molar-refractivity contribution in [3.8, 4) is 0 Å². The minimum absolute atomic E-state index is 0.249. The maximum absolute atomic E-state index is 13.5. The van der Waals surface area contributed by atoms with E-state index in [1.165, 1.54) is 11.8 Å². The van der Waals surface area contributed by atoms with E-state index in [1.807, 2.05) is 30.3 Å². The number of carboxylic acids is 1. The molecule has 0 heterocycles. The Morgan fingerprint density at radius 3 is 2.02 bits per heavy atom. The number of hydrogen-bond acceptors (Lipinski definition) is 6. The molecule has 0 aromatic heterocycles. The molecule has 3 N–H and O–H groups in total. The maximum atomic E-state index is 13.5. The number of ether oxygens (including phenoxy) is 1. The summed E-state index contributed by atoms with van der Waals surface area (Å²) >= 11 is 25.6. The molecule has 0 saturated carbocycles. The van der Waals surface area contributed by atoms with Gasteiger partial charge in [-0.1, -0.05) is 82.8 Å². The van der Waals surface area contributed by atoms with Crippen LogP contribution >= 0.6 is 58.2 Å². The first-order valence-corrected chi connectivity index (χ1v) is 15.2. The van der Waals surface area contributed by atoms with Crippen LogP contribution in [0.15, 0.2) is 83.8 Å². The van der Waals surface area contributed by atoms with E-state index in [4.69, 9.17) is 51.1 Å². The summed E-state index contributed by atoms with van der Waals surface area (Å²) in [5, 5.41) is 13.1. The van der Waals surface area contributed by atoms with Gasteiger partial charge >= 0.3 is 11.9 Å². The van der Waals surface area contributed by atoms with Gasteiger partial charge in [0, 0.05) is 16.3 Å². The molecule has 8 nitrogen and oxygen atoms in total. The number of anilines is 2. The quantitative estimate of drug-likeness (QED) is 0.0657. The highest BCUT2D eigenvalue weighted by Crippen LogP contribution is 2.42. The molecule has 2 amide bonds. The van der Waals surface area contributed by atoms with Crippen LogP contribution in [0.5, 0.6) is 0 Å². The smallest absolute Gasteiger partial charge is 0.338 e. The van der Waals surface area contributed by atoms with Gasteiger partial charge in [-0.05, 0) is 55.0 Å². The third-order valence-corrected chi connectivity index (χ3v) is 9.11. The number of hydrogen-bond donors (Lipinski definition) is 3. The molecule has 0 saturated heterocycles. The predicted octanol–water partition coefficient (Wildman–Crippen LogP) is 8.90. The van der Waals surface area contributed by atoms with Gasteiger partial charge in [0.05, 0.1) is 43.4 Å². The highest BCUT2D eigenvalue weighted by atomic mass is 35.5. The van der Waals surface area contributed by atoms with Crippen LogP contribution in [0.2, 0.25) is 20.1 Å². The summed E-state index contributed by atoms with van der Waals surface area (Å²) in [4.78, 5) is 51.2. The Kier molecular flexibility index (Phi) is 11.2. The lowest BCUT2D eigenvalue weighted by molar-refractivity contribution is -0.115. The minimum Gasteiger partial charge on any atom is -0.478 e. The molecule has 1 atom stereocenters. The van der Waals surface area contributed by atoms with Crippen molar-refractivity contribution in [3.63, 3.8) is 0 Å². The summed E-state index contributed by atoms with van der Waals surface area (Å²) in [6.07, 6.45) is 0. The Labute approximate surface area is 276 Å². The van der Waals surface area contributed by atoms with Crippen LogP contribution in [0.4, 0.5) is 11.4 Å². The Balaban J connectivity index is 1.58. The SMILES string of the molecule is CCOC(=O)c1ccc(NC(=O)C(Sc2cccc(NC(=O)c3c(Cl)c(Cl)c(Cl)c(Cl)c3C(=O)O)c2)c2ccccc2)cc1. The first-order chi connectivity index (χ1) is 21.0. The van der Waals surface area contributed by atoms with Gasteiger partial charge in [0.25, 0.3) is 5.91 Å². The van der Waals surface area contributed by atoms with Crippen LogP contribution < -0.4 is 10.6 Å². The van der Waals surface area contributed by atoms with Gasteiger partial charge in [0.1, 0.15) is 5.25 Å². The summed E-state index contributed by atoms with van der Waals surface area (Å²) in [5.41, 5.74) is 0.805. The van der Waals surface area contributed by atoms with E-state index in [0.29, 0.717) is 16.1 Å². The zero-order valence-corrected chi connectivity index (χ0v) is 26.5. The first-order valence-electron chi connectivity index (χ1n) is 12.8. The second-order valence-corrected chi connectivity index (χ2v) is 11.7. The lowest BCUT2D eigenvalue weighted by Crippen LogP contribution is -2.19.